The maximum absolute atomic E-state index is 12.0. The van der Waals surface area contributed by atoms with Crippen molar-refractivity contribution < 1.29 is 4.79 Å². The largest absolute Gasteiger partial charge is 0.340 e. The van der Waals surface area contributed by atoms with Gasteiger partial charge in [0.1, 0.15) is 0 Å². The molecule has 0 radical (unpaired) electrons. The normalized spacial score (nSPS) is 17.1. The van der Waals surface area contributed by atoms with Gasteiger partial charge >= 0.3 is 0 Å². The lowest BCUT2D eigenvalue weighted by Crippen LogP contribution is -2.48. The van der Waals surface area contributed by atoms with E-state index >= 15 is 0 Å². The van der Waals surface area contributed by atoms with Crippen LogP contribution >= 0.6 is 11.6 Å². The molecular weight excluding hydrogens is 252 g/mol. The summed E-state index contributed by atoms with van der Waals surface area (Å²) in [6.07, 6.45) is 3.82. The molecule has 6 heteroatoms. The molecule has 0 aromatic carbocycles. The molecule has 0 unspecified atom stereocenters. The standard InChI is InChI=1S/C12H19ClN4O/c1-2-15-5-7-16(8-6-15)12(18)3-4-17-10-11(13)9-14-17/h9-10H,2-8H2,1H3. The molecule has 1 aliphatic rings. The molecule has 1 aromatic rings. The highest BCUT2D eigenvalue weighted by Gasteiger charge is 2.19. The number of nitrogens with zero attached hydrogens (tertiary/aromatic N) is 4. The van der Waals surface area contributed by atoms with Crippen LogP contribution in [0.5, 0.6) is 0 Å². The molecule has 0 spiro atoms. The molecule has 1 fully saturated rings. The van der Waals surface area contributed by atoms with Crippen LogP contribution in [0.3, 0.4) is 0 Å². The smallest absolute Gasteiger partial charge is 0.224 e. The van der Waals surface area contributed by atoms with Gasteiger partial charge in [0.25, 0.3) is 0 Å². The van der Waals surface area contributed by atoms with Crippen molar-refractivity contribution >= 4 is 17.5 Å². The van der Waals surface area contributed by atoms with Crippen LogP contribution in [0.2, 0.25) is 5.02 Å². The van der Waals surface area contributed by atoms with E-state index < -0.39 is 0 Å². The molecule has 0 bridgehead atoms. The van der Waals surface area contributed by atoms with E-state index in [-0.39, 0.29) is 5.91 Å². The van der Waals surface area contributed by atoms with Gasteiger partial charge < -0.3 is 9.80 Å². The summed E-state index contributed by atoms with van der Waals surface area (Å²) >= 11 is 5.77. The van der Waals surface area contributed by atoms with Gasteiger partial charge in [-0.15, -0.1) is 0 Å². The van der Waals surface area contributed by atoms with Crippen molar-refractivity contribution in [2.75, 3.05) is 32.7 Å². The third-order valence-electron chi connectivity index (χ3n) is 3.33. The second-order valence-electron chi connectivity index (χ2n) is 4.49. The molecule has 1 amide bonds. The fourth-order valence-corrected chi connectivity index (χ4v) is 2.30. The first kappa shape index (κ1) is 13.4. The molecule has 2 rings (SSSR count). The zero-order valence-electron chi connectivity index (χ0n) is 10.7. The Balaban J connectivity index is 1.75. The third-order valence-corrected chi connectivity index (χ3v) is 3.52. The highest BCUT2D eigenvalue weighted by atomic mass is 35.5. The van der Waals surface area contributed by atoms with Crippen molar-refractivity contribution in [1.82, 2.24) is 19.6 Å². The van der Waals surface area contributed by atoms with E-state index in [0.29, 0.717) is 18.0 Å². The predicted octanol–water partition coefficient (Wildman–Crippen LogP) is 1.09. The molecule has 1 aliphatic heterocycles. The van der Waals surface area contributed by atoms with Gasteiger partial charge in [0.15, 0.2) is 0 Å². The Hall–Kier alpha value is -1.07. The number of hydrogen-bond donors (Lipinski definition) is 0. The number of amides is 1. The molecule has 1 aromatic heterocycles. The lowest BCUT2D eigenvalue weighted by atomic mass is 10.3. The van der Waals surface area contributed by atoms with Crippen LogP contribution in [0, 0.1) is 0 Å². The van der Waals surface area contributed by atoms with Crippen LogP contribution in [0.25, 0.3) is 0 Å². The van der Waals surface area contributed by atoms with E-state index in [1.54, 1.807) is 17.1 Å². The predicted molar refractivity (Wildman–Crippen MR) is 70.5 cm³/mol. The van der Waals surface area contributed by atoms with E-state index in [4.69, 9.17) is 11.6 Å². The first-order chi connectivity index (χ1) is 8.69. The van der Waals surface area contributed by atoms with Crippen molar-refractivity contribution in [2.45, 2.75) is 19.9 Å². The summed E-state index contributed by atoms with van der Waals surface area (Å²) in [5.41, 5.74) is 0. The maximum atomic E-state index is 12.0. The van der Waals surface area contributed by atoms with Crippen LogP contribution in [-0.4, -0.2) is 58.2 Å². The van der Waals surface area contributed by atoms with E-state index in [9.17, 15) is 4.79 Å². The van der Waals surface area contributed by atoms with E-state index in [1.807, 2.05) is 4.90 Å². The average Bonchev–Trinajstić information content (AvgIpc) is 2.82. The first-order valence-electron chi connectivity index (χ1n) is 6.37. The van der Waals surface area contributed by atoms with Crippen LogP contribution in [0.1, 0.15) is 13.3 Å². The number of halogens is 1. The quantitative estimate of drug-likeness (QED) is 0.823. The molecule has 0 atom stereocenters. The van der Waals surface area contributed by atoms with E-state index in [1.165, 1.54) is 0 Å². The zero-order chi connectivity index (χ0) is 13.0. The molecule has 0 N–H and O–H groups in total. The summed E-state index contributed by atoms with van der Waals surface area (Å²) in [6.45, 7) is 7.46. The lowest BCUT2D eigenvalue weighted by Gasteiger charge is -2.34. The van der Waals surface area contributed by atoms with Crippen molar-refractivity contribution in [3.05, 3.63) is 17.4 Å². The minimum Gasteiger partial charge on any atom is -0.340 e. The lowest BCUT2D eigenvalue weighted by molar-refractivity contribution is -0.133. The molecule has 5 nitrogen and oxygen atoms in total. The van der Waals surface area contributed by atoms with Gasteiger partial charge in [-0.25, -0.2) is 0 Å². The average molecular weight is 271 g/mol. The summed E-state index contributed by atoms with van der Waals surface area (Å²) in [5.74, 6) is 0.206. The fourth-order valence-electron chi connectivity index (χ4n) is 2.14. The molecule has 18 heavy (non-hydrogen) atoms. The molecule has 2 heterocycles. The summed E-state index contributed by atoms with van der Waals surface area (Å²) in [7, 11) is 0. The number of piperazine rings is 1. The summed E-state index contributed by atoms with van der Waals surface area (Å²) < 4.78 is 1.71. The number of aryl methyl sites for hydroxylation is 1. The van der Waals surface area contributed by atoms with Crippen molar-refractivity contribution in [2.24, 2.45) is 0 Å². The number of hydrogen-bond acceptors (Lipinski definition) is 3. The molecule has 1 saturated heterocycles. The van der Waals surface area contributed by atoms with Gasteiger partial charge in [0, 0.05) is 45.3 Å². The van der Waals surface area contributed by atoms with Crippen LogP contribution < -0.4 is 0 Å². The summed E-state index contributed by atoms with van der Waals surface area (Å²) in [6, 6.07) is 0. The molecular formula is C12H19ClN4O. The van der Waals surface area contributed by atoms with Crippen molar-refractivity contribution in [1.29, 1.82) is 0 Å². The Morgan fingerprint density at radius 1 is 1.39 bits per heavy atom. The van der Waals surface area contributed by atoms with Gasteiger partial charge in [-0.3, -0.25) is 9.48 Å². The fraction of sp³-hybridized carbons (Fsp3) is 0.667. The Morgan fingerprint density at radius 2 is 2.11 bits per heavy atom. The Bertz CT molecular complexity index is 399. The Morgan fingerprint density at radius 3 is 2.67 bits per heavy atom. The SMILES string of the molecule is CCN1CCN(C(=O)CCn2cc(Cl)cn2)CC1. The highest BCUT2D eigenvalue weighted by molar-refractivity contribution is 6.30. The van der Waals surface area contributed by atoms with Crippen LogP contribution in [0.4, 0.5) is 0 Å². The second-order valence-corrected chi connectivity index (χ2v) is 4.92. The maximum Gasteiger partial charge on any atom is 0.224 e. The van der Waals surface area contributed by atoms with Crippen molar-refractivity contribution in [3.63, 3.8) is 0 Å². The number of likely N-dealkylation sites (N-methyl/N-ethyl adjacent to an activating group) is 1. The van der Waals surface area contributed by atoms with Crippen molar-refractivity contribution in [3.8, 4) is 0 Å². The molecule has 100 valence electrons. The van der Waals surface area contributed by atoms with E-state index in [2.05, 4.69) is 16.9 Å². The summed E-state index contributed by atoms with van der Waals surface area (Å²) in [4.78, 5) is 16.3. The first-order valence-corrected chi connectivity index (χ1v) is 6.75. The monoisotopic (exact) mass is 270 g/mol. The Labute approximate surface area is 112 Å². The molecule has 0 aliphatic carbocycles. The van der Waals surface area contributed by atoms with Crippen LogP contribution in [-0.2, 0) is 11.3 Å². The van der Waals surface area contributed by atoms with Gasteiger partial charge in [-0.2, -0.15) is 5.10 Å². The highest BCUT2D eigenvalue weighted by Crippen LogP contribution is 2.07. The second kappa shape index (κ2) is 6.20. The number of carbonyl (C=O) groups is 1. The van der Waals surface area contributed by atoms with Gasteiger partial charge in [0.2, 0.25) is 5.91 Å². The van der Waals surface area contributed by atoms with Crippen LogP contribution in [0.15, 0.2) is 12.4 Å². The van der Waals surface area contributed by atoms with Gasteiger partial charge in [0.05, 0.1) is 11.2 Å². The third kappa shape index (κ3) is 3.46. The minimum absolute atomic E-state index is 0.206. The van der Waals surface area contributed by atoms with Gasteiger partial charge in [-0.05, 0) is 6.54 Å². The Kier molecular flexibility index (Phi) is 4.60. The van der Waals surface area contributed by atoms with E-state index in [0.717, 1.165) is 32.7 Å². The van der Waals surface area contributed by atoms with Gasteiger partial charge in [-0.1, -0.05) is 18.5 Å². The molecule has 0 saturated carbocycles. The zero-order valence-corrected chi connectivity index (χ0v) is 11.4. The number of rotatable bonds is 4. The summed E-state index contributed by atoms with van der Waals surface area (Å²) in [5, 5.41) is 4.67. The number of carbonyl (C=O) groups excluding carboxylic acids is 1. The minimum atomic E-state index is 0.206. The number of aromatic nitrogens is 2. The topological polar surface area (TPSA) is 41.4 Å².